The molecule has 184 valence electrons. The van der Waals surface area contributed by atoms with Crippen molar-refractivity contribution in [2.45, 2.75) is 65.0 Å². The second-order valence-electron chi connectivity index (χ2n) is 10.6. The molecule has 9 heteroatoms. The summed E-state index contributed by atoms with van der Waals surface area (Å²) in [5.74, 6) is 0.141. The van der Waals surface area contributed by atoms with Gasteiger partial charge >= 0.3 is 6.09 Å². The number of hydrogen-bond donors (Lipinski definition) is 2. The van der Waals surface area contributed by atoms with Gasteiger partial charge in [-0.05, 0) is 71.9 Å². The van der Waals surface area contributed by atoms with Crippen molar-refractivity contribution in [3.05, 3.63) is 63.2 Å². The fourth-order valence-electron chi connectivity index (χ4n) is 5.22. The highest BCUT2D eigenvalue weighted by Gasteiger charge is 2.63. The van der Waals surface area contributed by atoms with Gasteiger partial charge in [0.05, 0.1) is 22.5 Å². The topological polar surface area (TPSA) is 109 Å². The average molecular weight is 478 g/mol. The fraction of sp³-hybridized carbons (Fsp3) is 0.462. The molecule has 1 saturated heterocycles. The summed E-state index contributed by atoms with van der Waals surface area (Å²) in [4.78, 5) is 45.6. The molecular weight excluding hydrogens is 446 g/mol. The van der Waals surface area contributed by atoms with Gasteiger partial charge in [-0.25, -0.2) is 14.3 Å². The number of hydrogen-bond acceptors (Lipinski definition) is 5. The maximum absolute atomic E-state index is 13.9. The molecule has 1 aliphatic heterocycles. The minimum atomic E-state index is -0.653. The number of carbonyl (C=O) groups excluding carboxylic acids is 2. The second kappa shape index (κ2) is 7.96. The van der Waals surface area contributed by atoms with Crippen LogP contribution in [0.2, 0.25) is 0 Å². The molecule has 2 fully saturated rings. The zero-order valence-corrected chi connectivity index (χ0v) is 20.8. The minimum absolute atomic E-state index is 0.132. The first kappa shape index (κ1) is 23.1. The molecule has 1 aromatic carbocycles. The quantitative estimate of drug-likeness (QED) is 0.589. The Morgan fingerprint density at radius 2 is 1.97 bits per heavy atom. The Balaban J connectivity index is 1.51. The summed E-state index contributed by atoms with van der Waals surface area (Å²) in [6.07, 6.45) is 2.12. The van der Waals surface area contributed by atoms with Crippen molar-refractivity contribution in [2.75, 3.05) is 11.9 Å². The van der Waals surface area contributed by atoms with E-state index in [9.17, 15) is 14.4 Å². The number of nitrogens with one attached hydrogen (secondary N) is 2. The maximum atomic E-state index is 13.9. The van der Waals surface area contributed by atoms with E-state index in [1.165, 1.54) is 4.52 Å². The largest absolute Gasteiger partial charge is 0.444 e. The van der Waals surface area contributed by atoms with Crippen LogP contribution in [0.15, 0.2) is 35.1 Å². The molecule has 1 saturated carbocycles. The molecule has 1 unspecified atom stereocenters. The predicted octanol–water partition coefficient (Wildman–Crippen LogP) is 4.14. The van der Waals surface area contributed by atoms with E-state index in [2.05, 4.69) is 15.4 Å². The Kier molecular flexibility index (Phi) is 5.27. The number of likely N-dealkylation sites (tertiary alicyclic amines) is 1. The molecule has 35 heavy (non-hydrogen) atoms. The van der Waals surface area contributed by atoms with Gasteiger partial charge in [0.1, 0.15) is 5.60 Å². The number of benzene rings is 1. The number of fused-ring (bicyclic) bond motifs is 2. The van der Waals surface area contributed by atoms with Gasteiger partial charge in [-0.2, -0.15) is 0 Å². The summed E-state index contributed by atoms with van der Waals surface area (Å²) in [6, 6.07) is 8.88. The number of carbonyl (C=O) groups is 2. The number of nitrogens with zero attached hydrogens (tertiary/aromatic N) is 3. The number of anilines is 1. The lowest BCUT2D eigenvalue weighted by Gasteiger charge is -2.36. The third kappa shape index (κ3) is 3.88. The van der Waals surface area contributed by atoms with Crippen molar-refractivity contribution >= 4 is 23.3 Å². The molecule has 5 rings (SSSR count). The SMILES string of the molecule is Cc1nc2cc(C34C[C@@H]3CCCN4C(=O)c3ccccc3NC(=O)OC(C)(C)C)[nH]n2c(=O)c1C. The van der Waals surface area contributed by atoms with Crippen LogP contribution in [0.1, 0.15) is 67.3 Å². The van der Waals surface area contributed by atoms with Crippen LogP contribution in [-0.2, 0) is 10.3 Å². The Bertz CT molecular complexity index is 1400. The highest BCUT2D eigenvalue weighted by Crippen LogP contribution is 2.61. The van der Waals surface area contributed by atoms with Gasteiger partial charge in [0.25, 0.3) is 11.5 Å². The number of ether oxygens (including phenoxy) is 1. The lowest BCUT2D eigenvalue weighted by molar-refractivity contribution is 0.0560. The first-order valence-corrected chi connectivity index (χ1v) is 12.0. The first-order chi connectivity index (χ1) is 16.5. The molecule has 9 nitrogen and oxygen atoms in total. The summed E-state index contributed by atoms with van der Waals surface area (Å²) in [5.41, 5.74) is 2.18. The van der Waals surface area contributed by atoms with Crippen LogP contribution in [0.25, 0.3) is 5.65 Å². The monoisotopic (exact) mass is 477 g/mol. The minimum Gasteiger partial charge on any atom is -0.444 e. The zero-order chi connectivity index (χ0) is 25.1. The van der Waals surface area contributed by atoms with Crippen LogP contribution in [0, 0.1) is 19.8 Å². The first-order valence-electron chi connectivity index (χ1n) is 12.0. The van der Waals surface area contributed by atoms with E-state index in [0.29, 0.717) is 40.6 Å². The number of aryl methyl sites for hydroxylation is 1. The van der Waals surface area contributed by atoms with E-state index in [0.717, 1.165) is 25.0 Å². The van der Waals surface area contributed by atoms with E-state index in [1.54, 1.807) is 52.0 Å². The standard InChI is InChI=1S/C26H31N5O4/c1-15-16(2)27-21-13-20(29-31(21)22(15)32)26-14-17(26)9-8-12-30(26)23(33)18-10-6-7-11-19(18)28-24(34)35-25(3,4)5/h6-7,10-11,13,17,29H,8-9,12,14H2,1-5H3,(H,28,34)/t17-,26?/m0/s1. The number of para-hydroxylation sites is 1. The summed E-state index contributed by atoms with van der Waals surface area (Å²) in [7, 11) is 0. The lowest BCUT2D eigenvalue weighted by Crippen LogP contribution is -2.45. The van der Waals surface area contributed by atoms with Gasteiger partial charge in [-0.3, -0.25) is 20.0 Å². The molecule has 3 heterocycles. The number of aromatic nitrogens is 3. The third-order valence-electron chi connectivity index (χ3n) is 7.08. The molecule has 3 aromatic rings. The summed E-state index contributed by atoms with van der Waals surface area (Å²) < 4.78 is 6.85. The molecular formula is C26H31N5O4. The Morgan fingerprint density at radius 1 is 1.23 bits per heavy atom. The van der Waals surface area contributed by atoms with Gasteiger partial charge in [-0.15, -0.1) is 0 Å². The van der Waals surface area contributed by atoms with Gasteiger partial charge in [0.2, 0.25) is 0 Å². The van der Waals surface area contributed by atoms with Gasteiger partial charge < -0.3 is 9.64 Å². The number of H-pyrrole nitrogens is 1. The van der Waals surface area contributed by atoms with Gasteiger partial charge in [-0.1, -0.05) is 12.1 Å². The van der Waals surface area contributed by atoms with Crippen LogP contribution in [-0.4, -0.2) is 43.6 Å². The van der Waals surface area contributed by atoms with Crippen molar-refractivity contribution in [3.8, 4) is 0 Å². The number of aromatic amines is 1. The number of amides is 2. The second-order valence-corrected chi connectivity index (χ2v) is 10.6. The normalized spacial score (nSPS) is 21.5. The Hall–Kier alpha value is -3.62. The van der Waals surface area contributed by atoms with E-state index in [1.807, 2.05) is 17.9 Å². The van der Waals surface area contributed by atoms with Gasteiger partial charge in [0.15, 0.2) is 5.65 Å². The van der Waals surface area contributed by atoms with Crippen molar-refractivity contribution in [1.82, 2.24) is 19.5 Å². The highest BCUT2D eigenvalue weighted by atomic mass is 16.6. The van der Waals surface area contributed by atoms with Gasteiger partial charge in [0, 0.05) is 23.9 Å². The summed E-state index contributed by atoms with van der Waals surface area (Å²) >= 11 is 0. The Morgan fingerprint density at radius 3 is 2.71 bits per heavy atom. The fourth-order valence-corrected chi connectivity index (χ4v) is 5.22. The summed E-state index contributed by atoms with van der Waals surface area (Å²) in [6.45, 7) is 9.55. The van der Waals surface area contributed by atoms with Crippen LogP contribution in [0.4, 0.5) is 10.5 Å². The van der Waals surface area contributed by atoms with E-state index >= 15 is 0 Å². The smallest absolute Gasteiger partial charge is 0.412 e. The van der Waals surface area contributed by atoms with E-state index in [-0.39, 0.29) is 11.5 Å². The molecule has 2 amide bonds. The molecule has 2 aliphatic rings. The van der Waals surface area contributed by atoms with Crippen molar-refractivity contribution in [3.63, 3.8) is 0 Å². The maximum Gasteiger partial charge on any atom is 0.412 e. The van der Waals surface area contributed by atoms with Crippen molar-refractivity contribution < 1.29 is 14.3 Å². The molecule has 0 bridgehead atoms. The Labute approximate surface area is 203 Å². The highest BCUT2D eigenvalue weighted by molar-refractivity contribution is 6.03. The molecule has 0 radical (unpaired) electrons. The van der Waals surface area contributed by atoms with Crippen LogP contribution < -0.4 is 10.9 Å². The number of piperidine rings is 1. The van der Waals surface area contributed by atoms with Crippen LogP contribution in [0.3, 0.4) is 0 Å². The van der Waals surface area contributed by atoms with E-state index < -0.39 is 17.2 Å². The van der Waals surface area contributed by atoms with Crippen LogP contribution in [0.5, 0.6) is 0 Å². The summed E-state index contributed by atoms with van der Waals surface area (Å²) in [5, 5.41) is 5.99. The average Bonchev–Trinajstić information content (AvgIpc) is 3.40. The molecule has 2 N–H and O–H groups in total. The molecule has 2 aromatic heterocycles. The van der Waals surface area contributed by atoms with Crippen LogP contribution >= 0.6 is 0 Å². The van der Waals surface area contributed by atoms with E-state index in [4.69, 9.17) is 4.74 Å². The lowest BCUT2D eigenvalue weighted by atomic mass is 9.97. The predicted molar refractivity (Wildman–Crippen MR) is 132 cm³/mol. The molecule has 0 spiro atoms. The molecule has 1 aliphatic carbocycles. The third-order valence-corrected chi connectivity index (χ3v) is 7.08. The zero-order valence-electron chi connectivity index (χ0n) is 20.8. The number of rotatable bonds is 3. The molecule has 2 atom stereocenters. The van der Waals surface area contributed by atoms with Crippen molar-refractivity contribution in [2.24, 2.45) is 5.92 Å². The van der Waals surface area contributed by atoms with Crippen molar-refractivity contribution in [1.29, 1.82) is 0 Å².